The van der Waals surface area contributed by atoms with Crippen LogP contribution in [0.2, 0.25) is 0 Å². The van der Waals surface area contributed by atoms with Crippen molar-refractivity contribution in [2.75, 3.05) is 7.11 Å². The second-order valence-electron chi connectivity index (χ2n) is 6.12. The van der Waals surface area contributed by atoms with Crippen LogP contribution in [0.4, 0.5) is 0 Å². The van der Waals surface area contributed by atoms with Crippen molar-refractivity contribution in [3.63, 3.8) is 0 Å². The number of rotatable bonds is 7. The Morgan fingerprint density at radius 3 is 2.50 bits per heavy atom. The zero-order valence-corrected chi connectivity index (χ0v) is 16.0. The van der Waals surface area contributed by atoms with Gasteiger partial charge in [-0.3, -0.25) is 15.7 Å². The number of nitrogens with one attached hydrogen (secondary N) is 1. The van der Waals surface area contributed by atoms with Crippen molar-refractivity contribution in [2.45, 2.75) is 46.6 Å². The molecule has 0 spiro atoms. The number of aromatic nitrogens is 1. The Balaban J connectivity index is 2.48. The maximum Gasteiger partial charge on any atom is 0.230 e. The number of methoxy groups -OCH3 is 1. The van der Waals surface area contributed by atoms with Crippen LogP contribution in [-0.2, 0) is 0 Å². The molecule has 1 aromatic heterocycles. The van der Waals surface area contributed by atoms with Crippen molar-refractivity contribution in [3.05, 3.63) is 47.2 Å². The van der Waals surface area contributed by atoms with Crippen LogP contribution < -0.4 is 15.0 Å². The van der Waals surface area contributed by atoms with Crippen LogP contribution in [0.25, 0.3) is 0 Å². The number of aryl methyl sites for hydroxylation is 2. The standard InChI is InChI=1S/C20H27N3O3/c1-6-15(7-2)22-19(23-24)16-10-9-14(4)21-20(16)26-17-11-8-13(3)12-18(17)25-5/h8-12,15,24H,6-7H2,1-5H3,(H,22,23). The second-order valence-corrected chi connectivity index (χ2v) is 6.12. The number of hydrogen-bond acceptors (Lipinski definition) is 5. The zero-order valence-electron chi connectivity index (χ0n) is 16.0. The first-order chi connectivity index (χ1) is 12.5. The first-order valence-corrected chi connectivity index (χ1v) is 8.80. The second kappa shape index (κ2) is 9.20. The minimum absolute atomic E-state index is 0.104. The summed E-state index contributed by atoms with van der Waals surface area (Å²) < 4.78 is 11.4. The molecule has 2 N–H and O–H groups in total. The number of ether oxygens (including phenoxy) is 2. The van der Waals surface area contributed by atoms with E-state index in [9.17, 15) is 5.21 Å². The van der Waals surface area contributed by atoms with Crippen molar-refractivity contribution in [3.8, 4) is 17.4 Å². The highest BCUT2D eigenvalue weighted by atomic mass is 16.5. The van der Waals surface area contributed by atoms with Crippen molar-refractivity contribution < 1.29 is 14.7 Å². The molecule has 0 aliphatic rings. The minimum Gasteiger partial charge on any atom is -0.493 e. The molecule has 0 amide bonds. The van der Waals surface area contributed by atoms with Crippen LogP contribution in [0.5, 0.6) is 17.4 Å². The lowest BCUT2D eigenvalue weighted by Crippen LogP contribution is -2.24. The maximum atomic E-state index is 9.63. The molecule has 0 unspecified atom stereocenters. The van der Waals surface area contributed by atoms with Gasteiger partial charge >= 0.3 is 0 Å². The van der Waals surface area contributed by atoms with Crippen molar-refractivity contribution in [1.29, 1.82) is 0 Å². The topological polar surface area (TPSA) is 76.0 Å². The fourth-order valence-electron chi connectivity index (χ4n) is 2.57. The zero-order chi connectivity index (χ0) is 19.1. The van der Waals surface area contributed by atoms with Gasteiger partial charge in [0, 0.05) is 5.69 Å². The van der Waals surface area contributed by atoms with E-state index in [4.69, 9.17) is 9.47 Å². The van der Waals surface area contributed by atoms with Crippen LogP contribution in [0.15, 0.2) is 35.3 Å². The van der Waals surface area contributed by atoms with E-state index in [0.29, 0.717) is 28.8 Å². The van der Waals surface area contributed by atoms with Gasteiger partial charge in [-0.05, 0) is 56.5 Å². The van der Waals surface area contributed by atoms with Gasteiger partial charge in [-0.25, -0.2) is 4.98 Å². The van der Waals surface area contributed by atoms with Gasteiger partial charge in [0.2, 0.25) is 5.88 Å². The largest absolute Gasteiger partial charge is 0.493 e. The van der Waals surface area contributed by atoms with Gasteiger partial charge in [-0.2, -0.15) is 0 Å². The summed E-state index contributed by atoms with van der Waals surface area (Å²) in [6.45, 7) is 8.00. The van der Waals surface area contributed by atoms with Crippen molar-refractivity contribution in [1.82, 2.24) is 10.5 Å². The maximum absolute atomic E-state index is 9.63. The van der Waals surface area contributed by atoms with Crippen molar-refractivity contribution in [2.24, 2.45) is 4.99 Å². The minimum atomic E-state index is 0.104. The highest BCUT2D eigenvalue weighted by Gasteiger charge is 2.16. The number of benzene rings is 1. The van der Waals surface area contributed by atoms with Gasteiger partial charge in [0.1, 0.15) is 0 Å². The fourth-order valence-corrected chi connectivity index (χ4v) is 2.57. The lowest BCUT2D eigenvalue weighted by Gasteiger charge is -2.16. The highest BCUT2D eigenvalue weighted by Crippen LogP contribution is 2.33. The molecule has 0 aliphatic carbocycles. The Labute approximate surface area is 154 Å². The molecule has 2 rings (SSSR count). The summed E-state index contributed by atoms with van der Waals surface area (Å²) in [5.74, 6) is 1.87. The molecule has 1 heterocycles. The van der Waals surface area contributed by atoms with E-state index in [1.807, 2.05) is 44.2 Å². The molecular formula is C20H27N3O3. The fraction of sp³-hybridized carbons (Fsp3) is 0.400. The van der Waals surface area contributed by atoms with Crippen LogP contribution in [0.1, 0.15) is 43.5 Å². The van der Waals surface area contributed by atoms with Gasteiger partial charge in [0.15, 0.2) is 17.3 Å². The number of amidine groups is 1. The summed E-state index contributed by atoms with van der Waals surface area (Å²) >= 11 is 0. The number of aliphatic imine (C=N–C) groups is 1. The Kier molecular flexibility index (Phi) is 6.97. The van der Waals surface area contributed by atoms with E-state index in [0.717, 1.165) is 24.1 Å². The Hall–Kier alpha value is -2.60. The molecule has 6 heteroatoms. The summed E-state index contributed by atoms with van der Waals surface area (Å²) in [6, 6.07) is 9.47. The summed E-state index contributed by atoms with van der Waals surface area (Å²) in [7, 11) is 1.60. The number of pyridine rings is 1. The Morgan fingerprint density at radius 2 is 1.88 bits per heavy atom. The molecule has 6 nitrogen and oxygen atoms in total. The van der Waals surface area contributed by atoms with E-state index >= 15 is 0 Å². The monoisotopic (exact) mass is 357 g/mol. The number of hydrogen-bond donors (Lipinski definition) is 2. The molecule has 0 saturated carbocycles. The third-order valence-corrected chi connectivity index (χ3v) is 4.14. The van der Waals surface area contributed by atoms with Crippen LogP contribution in [0, 0.1) is 13.8 Å². The number of hydroxylamine groups is 1. The predicted octanol–water partition coefficient (Wildman–Crippen LogP) is 4.41. The van der Waals surface area contributed by atoms with Gasteiger partial charge in [0.05, 0.1) is 18.7 Å². The molecule has 0 saturated heterocycles. The van der Waals surface area contributed by atoms with Crippen molar-refractivity contribution >= 4 is 5.84 Å². The third kappa shape index (κ3) is 4.73. The van der Waals surface area contributed by atoms with E-state index < -0.39 is 0 Å². The lowest BCUT2D eigenvalue weighted by molar-refractivity contribution is 0.233. The average molecular weight is 357 g/mol. The van der Waals surface area contributed by atoms with Gasteiger partial charge < -0.3 is 9.47 Å². The summed E-state index contributed by atoms with van der Waals surface area (Å²) in [6.07, 6.45) is 1.76. The molecule has 0 radical (unpaired) electrons. The van der Waals surface area contributed by atoms with E-state index in [1.54, 1.807) is 7.11 Å². The summed E-state index contributed by atoms with van der Waals surface area (Å²) in [5, 5.41) is 9.63. The average Bonchev–Trinajstić information content (AvgIpc) is 2.65. The molecule has 0 fully saturated rings. The van der Waals surface area contributed by atoms with E-state index in [2.05, 4.69) is 29.3 Å². The predicted molar refractivity (Wildman–Crippen MR) is 103 cm³/mol. The molecule has 0 aliphatic heterocycles. The molecule has 2 aromatic rings. The van der Waals surface area contributed by atoms with Crippen LogP contribution in [-0.4, -0.2) is 29.2 Å². The first-order valence-electron chi connectivity index (χ1n) is 8.80. The highest BCUT2D eigenvalue weighted by molar-refractivity contribution is 6.00. The molecule has 0 atom stereocenters. The molecule has 140 valence electrons. The van der Waals surface area contributed by atoms with Gasteiger partial charge in [0.25, 0.3) is 0 Å². The normalized spacial score (nSPS) is 11.6. The van der Waals surface area contributed by atoms with Gasteiger partial charge in [-0.1, -0.05) is 19.9 Å². The molecule has 1 aromatic carbocycles. The van der Waals surface area contributed by atoms with Crippen LogP contribution in [0.3, 0.4) is 0 Å². The molecule has 0 bridgehead atoms. The van der Waals surface area contributed by atoms with Crippen LogP contribution >= 0.6 is 0 Å². The molecular weight excluding hydrogens is 330 g/mol. The lowest BCUT2D eigenvalue weighted by atomic mass is 10.1. The number of nitrogens with zero attached hydrogens (tertiary/aromatic N) is 2. The smallest absolute Gasteiger partial charge is 0.230 e. The first kappa shape index (κ1) is 19.7. The van der Waals surface area contributed by atoms with E-state index in [1.165, 1.54) is 0 Å². The van der Waals surface area contributed by atoms with E-state index in [-0.39, 0.29) is 6.04 Å². The summed E-state index contributed by atoms with van der Waals surface area (Å²) in [4.78, 5) is 9.08. The SMILES string of the molecule is CCC(CC)N=C(NO)c1ccc(C)nc1Oc1ccc(C)cc1OC. The van der Waals surface area contributed by atoms with Gasteiger partial charge in [-0.15, -0.1) is 0 Å². The third-order valence-electron chi connectivity index (χ3n) is 4.14. The summed E-state index contributed by atoms with van der Waals surface area (Å²) in [5.41, 5.74) is 4.66. The Morgan fingerprint density at radius 1 is 1.15 bits per heavy atom. The Bertz CT molecular complexity index is 771. The quantitative estimate of drug-likeness (QED) is 0.436. The molecule has 26 heavy (non-hydrogen) atoms.